The van der Waals surface area contributed by atoms with Crippen LogP contribution in [0.4, 0.5) is 0 Å². The van der Waals surface area contributed by atoms with Crippen LogP contribution in [-0.2, 0) is 4.79 Å². The highest BCUT2D eigenvalue weighted by Gasteiger charge is 2.31. The first-order valence-corrected chi connectivity index (χ1v) is 9.48. The summed E-state index contributed by atoms with van der Waals surface area (Å²) in [6.45, 7) is 1.87. The minimum absolute atomic E-state index is 0.157. The molecule has 2 aromatic rings. The van der Waals surface area contributed by atoms with Gasteiger partial charge in [0, 0.05) is 5.56 Å². The molecule has 7 heteroatoms. The minimum atomic E-state index is -0.803. The fourth-order valence-electron chi connectivity index (χ4n) is 2.98. The first-order valence-electron chi connectivity index (χ1n) is 7.84. The van der Waals surface area contributed by atoms with E-state index in [0.717, 1.165) is 5.56 Å². The number of ketones is 1. The van der Waals surface area contributed by atoms with Crippen molar-refractivity contribution in [2.75, 3.05) is 0 Å². The molecular formula is C18H16Cl2O4S. The van der Waals surface area contributed by atoms with E-state index in [2.05, 4.69) is 0 Å². The summed E-state index contributed by atoms with van der Waals surface area (Å²) in [4.78, 5) is 24.3. The van der Waals surface area contributed by atoms with Gasteiger partial charge in [-0.1, -0.05) is 23.2 Å². The Morgan fingerprint density at radius 3 is 2.56 bits per heavy atom. The summed E-state index contributed by atoms with van der Waals surface area (Å²) in [7, 11) is 0. The van der Waals surface area contributed by atoms with Gasteiger partial charge in [0.2, 0.25) is 5.78 Å². The van der Waals surface area contributed by atoms with Gasteiger partial charge in [-0.3, -0.25) is 9.59 Å². The Labute approximate surface area is 159 Å². The molecule has 1 saturated carbocycles. The fourth-order valence-corrected chi connectivity index (χ4v) is 4.31. The number of ether oxygens (including phenoxy) is 1. The molecule has 0 spiro atoms. The molecule has 1 fully saturated rings. The summed E-state index contributed by atoms with van der Waals surface area (Å²) in [6.07, 6.45) is 1.47. The maximum absolute atomic E-state index is 12.6. The van der Waals surface area contributed by atoms with Crippen molar-refractivity contribution in [3.63, 3.8) is 0 Å². The predicted octanol–water partition coefficient (Wildman–Crippen LogP) is 5.23. The van der Waals surface area contributed by atoms with E-state index in [1.807, 2.05) is 18.4 Å². The maximum atomic E-state index is 12.6. The van der Waals surface area contributed by atoms with E-state index in [1.165, 1.54) is 11.3 Å². The number of benzene rings is 1. The highest BCUT2D eigenvalue weighted by Crippen LogP contribution is 2.39. The Hall–Kier alpha value is -1.56. The number of hydrogen-bond donors (Lipinski definition) is 1. The Balaban J connectivity index is 1.80. The van der Waals surface area contributed by atoms with Gasteiger partial charge in [-0.05, 0) is 55.3 Å². The Morgan fingerprint density at radius 2 is 1.96 bits per heavy atom. The van der Waals surface area contributed by atoms with Crippen LogP contribution in [0.3, 0.4) is 0 Å². The zero-order chi connectivity index (χ0) is 18.1. The summed E-state index contributed by atoms with van der Waals surface area (Å²) in [5.41, 5.74) is 1.23. The summed E-state index contributed by atoms with van der Waals surface area (Å²) in [6, 6.07) is 5.11. The van der Waals surface area contributed by atoms with Gasteiger partial charge in [-0.25, -0.2) is 0 Å². The van der Waals surface area contributed by atoms with E-state index < -0.39 is 5.97 Å². The lowest BCUT2D eigenvalue weighted by Gasteiger charge is -2.16. The first kappa shape index (κ1) is 18.2. The molecule has 2 atom stereocenters. The molecule has 3 rings (SSSR count). The smallest absolute Gasteiger partial charge is 0.306 e. The molecule has 25 heavy (non-hydrogen) atoms. The predicted molar refractivity (Wildman–Crippen MR) is 98.3 cm³/mol. The zero-order valence-electron chi connectivity index (χ0n) is 13.4. The Bertz CT molecular complexity index is 830. The van der Waals surface area contributed by atoms with Crippen LogP contribution < -0.4 is 4.74 Å². The van der Waals surface area contributed by atoms with Crippen molar-refractivity contribution in [3.05, 3.63) is 49.6 Å². The first-order chi connectivity index (χ1) is 11.9. The van der Waals surface area contributed by atoms with Crippen LogP contribution in [0.5, 0.6) is 5.75 Å². The second-order valence-electron chi connectivity index (χ2n) is 6.09. The maximum Gasteiger partial charge on any atom is 0.306 e. The topological polar surface area (TPSA) is 63.6 Å². The zero-order valence-corrected chi connectivity index (χ0v) is 15.7. The molecule has 0 radical (unpaired) electrons. The van der Waals surface area contributed by atoms with Crippen molar-refractivity contribution in [2.24, 2.45) is 5.92 Å². The lowest BCUT2D eigenvalue weighted by Crippen LogP contribution is -2.16. The van der Waals surface area contributed by atoms with Crippen LogP contribution in [0.15, 0.2) is 23.6 Å². The van der Waals surface area contributed by atoms with Gasteiger partial charge in [0.05, 0.1) is 21.9 Å². The van der Waals surface area contributed by atoms with Gasteiger partial charge in [-0.15, -0.1) is 11.3 Å². The quantitative estimate of drug-likeness (QED) is 0.700. The summed E-state index contributed by atoms with van der Waals surface area (Å²) in [5.74, 6) is -0.982. The molecule has 0 amide bonds. The van der Waals surface area contributed by atoms with Crippen molar-refractivity contribution in [1.29, 1.82) is 0 Å². The van der Waals surface area contributed by atoms with Gasteiger partial charge in [0.25, 0.3) is 0 Å². The van der Waals surface area contributed by atoms with E-state index in [9.17, 15) is 9.59 Å². The van der Waals surface area contributed by atoms with E-state index in [4.69, 9.17) is 33.0 Å². The number of carboxylic acid groups (broad SMARTS) is 1. The molecule has 1 N–H and O–H groups in total. The number of halogens is 2. The van der Waals surface area contributed by atoms with Crippen molar-refractivity contribution >= 4 is 46.3 Å². The number of hydrogen-bond acceptors (Lipinski definition) is 4. The average molecular weight is 399 g/mol. The molecule has 0 bridgehead atoms. The number of aliphatic carboxylic acids is 1. The van der Waals surface area contributed by atoms with Crippen LogP contribution in [0, 0.1) is 12.8 Å². The van der Waals surface area contributed by atoms with Gasteiger partial charge < -0.3 is 9.84 Å². The lowest BCUT2D eigenvalue weighted by molar-refractivity contribution is -0.141. The van der Waals surface area contributed by atoms with Crippen molar-refractivity contribution in [2.45, 2.75) is 32.3 Å². The SMILES string of the molecule is Cc1ccsc1C(=O)c1ccc(O[C@H]2CC[C@H](C(=O)O)C2)c(Cl)c1Cl. The molecule has 1 aliphatic carbocycles. The number of carboxylic acids is 1. The number of aryl methyl sites for hydroxylation is 1. The Kier molecular flexibility index (Phi) is 5.37. The Morgan fingerprint density at radius 1 is 1.20 bits per heavy atom. The number of carbonyl (C=O) groups excluding carboxylic acids is 1. The average Bonchev–Trinajstić information content (AvgIpc) is 3.20. The van der Waals surface area contributed by atoms with E-state index in [0.29, 0.717) is 35.5 Å². The highest BCUT2D eigenvalue weighted by molar-refractivity contribution is 7.12. The molecule has 0 aliphatic heterocycles. The summed E-state index contributed by atoms with van der Waals surface area (Å²) in [5, 5.41) is 11.3. The molecule has 1 heterocycles. The van der Waals surface area contributed by atoms with Crippen molar-refractivity contribution < 1.29 is 19.4 Å². The largest absolute Gasteiger partial charge is 0.489 e. The van der Waals surface area contributed by atoms with Crippen molar-refractivity contribution in [1.82, 2.24) is 0 Å². The standard InChI is InChI=1S/C18H16Cl2O4S/c1-9-6-7-25-17(9)16(21)12-4-5-13(15(20)14(12)19)24-11-3-2-10(8-11)18(22)23/h4-7,10-11H,2-3,8H2,1H3,(H,22,23)/t10-,11-/m0/s1. The second kappa shape index (κ2) is 7.36. The highest BCUT2D eigenvalue weighted by atomic mass is 35.5. The third kappa shape index (κ3) is 3.68. The molecule has 0 unspecified atom stereocenters. The fraction of sp³-hybridized carbons (Fsp3) is 0.333. The van der Waals surface area contributed by atoms with Gasteiger partial charge in [0.1, 0.15) is 10.8 Å². The second-order valence-corrected chi connectivity index (χ2v) is 7.76. The third-order valence-corrected chi connectivity index (χ3v) is 6.27. The van der Waals surface area contributed by atoms with Gasteiger partial charge in [0.15, 0.2) is 0 Å². The third-order valence-electron chi connectivity index (χ3n) is 4.39. The molecular weight excluding hydrogens is 383 g/mol. The van der Waals surface area contributed by atoms with E-state index >= 15 is 0 Å². The summed E-state index contributed by atoms with van der Waals surface area (Å²) < 4.78 is 5.83. The summed E-state index contributed by atoms with van der Waals surface area (Å²) >= 11 is 14.0. The molecule has 1 aliphatic rings. The van der Waals surface area contributed by atoms with Crippen LogP contribution in [0.25, 0.3) is 0 Å². The molecule has 1 aromatic heterocycles. The molecule has 132 valence electrons. The van der Waals surface area contributed by atoms with Crippen LogP contribution in [-0.4, -0.2) is 23.0 Å². The van der Waals surface area contributed by atoms with E-state index in [1.54, 1.807) is 12.1 Å². The van der Waals surface area contributed by atoms with Crippen molar-refractivity contribution in [3.8, 4) is 5.75 Å². The lowest BCUT2D eigenvalue weighted by atomic mass is 10.1. The number of thiophene rings is 1. The molecule has 0 saturated heterocycles. The normalized spacial score (nSPS) is 19.8. The van der Waals surface area contributed by atoms with Gasteiger partial charge in [-0.2, -0.15) is 0 Å². The van der Waals surface area contributed by atoms with Gasteiger partial charge >= 0.3 is 5.97 Å². The van der Waals surface area contributed by atoms with E-state index in [-0.39, 0.29) is 27.9 Å². The minimum Gasteiger partial charge on any atom is -0.489 e. The molecule has 4 nitrogen and oxygen atoms in total. The number of carbonyl (C=O) groups is 2. The van der Waals surface area contributed by atoms with Crippen LogP contribution >= 0.6 is 34.5 Å². The van der Waals surface area contributed by atoms with Crippen LogP contribution in [0.2, 0.25) is 10.0 Å². The van der Waals surface area contributed by atoms with Crippen LogP contribution in [0.1, 0.15) is 40.1 Å². The monoisotopic (exact) mass is 398 g/mol. The number of rotatable bonds is 5. The molecule has 1 aromatic carbocycles.